The zero-order valence-electron chi connectivity index (χ0n) is 18.6. The number of amides is 1. The van der Waals surface area contributed by atoms with E-state index >= 15 is 0 Å². The quantitative estimate of drug-likeness (QED) is 0.683. The van der Waals surface area contributed by atoms with Crippen molar-refractivity contribution in [2.75, 3.05) is 29.8 Å². The molecule has 9 heteroatoms. The summed E-state index contributed by atoms with van der Waals surface area (Å²) >= 11 is 0. The highest BCUT2D eigenvalue weighted by molar-refractivity contribution is 7.92. The Morgan fingerprint density at radius 3 is 2.39 bits per heavy atom. The van der Waals surface area contributed by atoms with Crippen LogP contribution in [0.3, 0.4) is 0 Å². The number of carbonyl (C=O) groups is 1. The van der Waals surface area contributed by atoms with E-state index < -0.39 is 21.7 Å². The van der Waals surface area contributed by atoms with Crippen LogP contribution < -0.4 is 4.31 Å². The van der Waals surface area contributed by atoms with Gasteiger partial charge in [0.1, 0.15) is 11.4 Å². The molecule has 2 aliphatic rings. The summed E-state index contributed by atoms with van der Waals surface area (Å²) < 4.78 is 45.4. The van der Waals surface area contributed by atoms with Crippen LogP contribution in [0, 0.1) is 5.82 Å². The van der Waals surface area contributed by atoms with E-state index in [1.165, 1.54) is 16.4 Å². The molecule has 4 rings (SSSR count). The van der Waals surface area contributed by atoms with Crippen LogP contribution in [0.1, 0.15) is 49.8 Å². The molecular weight excluding hydrogens is 447 g/mol. The molecule has 1 N–H and O–H groups in total. The molecule has 178 valence electrons. The number of carbonyl (C=O) groups excluding carboxylic acids is 1. The number of anilines is 1. The first-order valence-electron chi connectivity index (χ1n) is 11.2. The van der Waals surface area contributed by atoms with Gasteiger partial charge in [-0.1, -0.05) is 24.3 Å². The standard InChI is InChI=1S/C24H29FN2O5S/c1-18(19-4-10-22(11-5-19)27-14-2-3-17-33(27,30)31)26-15-12-24(13-16-28,32-23(26)29)20-6-8-21(25)9-7-20/h4-11,18,28H,2-3,12-17H2,1H3/t18-,24-/m0/s1. The summed E-state index contributed by atoms with van der Waals surface area (Å²) in [5.74, 6) is -0.217. The van der Waals surface area contributed by atoms with Crippen molar-refractivity contribution >= 4 is 21.8 Å². The monoisotopic (exact) mass is 476 g/mol. The van der Waals surface area contributed by atoms with Gasteiger partial charge in [-0.05, 0) is 55.2 Å². The van der Waals surface area contributed by atoms with Crippen LogP contribution in [0.25, 0.3) is 0 Å². The highest BCUT2D eigenvalue weighted by Gasteiger charge is 2.43. The fourth-order valence-corrected chi connectivity index (χ4v) is 6.30. The van der Waals surface area contributed by atoms with Crippen molar-refractivity contribution in [3.63, 3.8) is 0 Å². The number of halogens is 1. The summed E-state index contributed by atoms with van der Waals surface area (Å²) in [5, 5.41) is 9.58. The molecule has 1 amide bonds. The van der Waals surface area contributed by atoms with Crippen LogP contribution in [0.4, 0.5) is 14.9 Å². The maximum Gasteiger partial charge on any atom is 0.411 e. The molecule has 0 unspecified atom stereocenters. The second-order valence-electron chi connectivity index (χ2n) is 8.65. The number of benzene rings is 2. The zero-order chi connectivity index (χ0) is 23.6. The Morgan fingerprint density at radius 1 is 1.09 bits per heavy atom. The maximum atomic E-state index is 13.4. The molecule has 0 saturated carbocycles. The fraction of sp³-hybridized carbons (Fsp3) is 0.458. The number of cyclic esters (lactones) is 1. The van der Waals surface area contributed by atoms with Gasteiger partial charge in [0, 0.05) is 32.5 Å². The number of nitrogens with zero attached hydrogens (tertiary/aromatic N) is 2. The van der Waals surface area contributed by atoms with Crippen molar-refractivity contribution in [1.82, 2.24) is 4.90 Å². The lowest BCUT2D eigenvalue weighted by Crippen LogP contribution is -2.49. The zero-order valence-corrected chi connectivity index (χ0v) is 19.4. The van der Waals surface area contributed by atoms with Gasteiger partial charge in [-0.2, -0.15) is 0 Å². The third-order valence-electron chi connectivity index (χ3n) is 6.64. The Bertz CT molecular complexity index is 1090. The Hall–Kier alpha value is -2.65. The summed E-state index contributed by atoms with van der Waals surface area (Å²) in [5.41, 5.74) is 1.15. The first kappa shape index (κ1) is 23.5. The van der Waals surface area contributed by atoms with Crippen molar-refractivity contribution in [2.45, 2.75) is 44.2 Å². The molecule has 0 spiro atoms. The molecule has 33 heavy (non-hydrogen) atoms. The minimum Gasteiger partial charge on any atom is -0.438 e. The van der Waals surface area contributed by atoms with Crippen molar-refractivity contribution < 1.29 is 27.4 Å². The number of ether oxygens (including phenoxy) is 1. The molecule has 2 heterocycles. The van der Waals surface area contributed by atoms with E-state index in [-0.39, 0.29) is 30.6 Å². The van der Waals surface area contributed by atoms with Gasteiger partial charge in [0.25, 0.3) is 0 Å². The van der Waals surface area contributed by atoms with Gasteiger partial charge in [0.05, 0.1) is 17.5 Å². The van der Waals surface area contributed by atoms with Gasteiger partial charge in [0.15, 0.2) is 0 Å². The summed E-state index contributed by atoms with van der Waals surface area (Å²) in [7, 11) is -3.28. The number of rotatable bonds is 6. The Labute approximate surface area is 193 Å². The van der Waals surface area contributed by atoms with Crippen molar-refractivity contribution in [2.24, 2.45) is 0 Å². The molecule has 0 bridgehead atoms. The number of sulfonamides is 1. The highest BCUT2D eigenvalue weighted by Crippen LogP contribution is 2.39. The summed E-state index contributed by atoms with van der Waals surface area (Å²) in [6.45, 7) is 2.61. The van der Waals surface area contributed by atoms with Gasteiger partial charge in [-0.15, -0.1) is 0 Å². The van der Waals surface area contributed by atoms with Gasteiger partial charge < -0.3 is 14.7 Å². The van der Waals surface area contributed by atoms with E-state index in [9.17, 15) is 22.7 Å². The average molecular weight is 477 g/mol. The number of aliphatic hydroxyl groups is 1. The Balaban J connectivity index is 1.50. The van der Waals surface area contributed by atoms with Crippen LogP contribution in [0.5, 0.6) is 0 Å². The van der Waals surface area contributed by atoms with Crippen molar-refractivity contribution in [3.05, 3.63) is 65.5 Å². The van der Waals surface area contributed by atoms with Crippen LogP contribution >= 0.6 is 0 Å². The second-order valence-corrected chi connectivity index (χ2v) is 10.7. The lowest BCUT2D eigenvalue weighted by Gasteiger charge is -2.43. The van der Waals surface area contributed by atoms with E-state index in [0.717, 1.165) is 12.0 Å². The molecule has 7 nitrogen and oxygen atoms in total. The summed E-state index contributed by atoms with van der Waals surface area (Å²) in [6, 6.07) is 12.8. The molecule has 2 saturated heterocycles. The minimum absolute atomic E-state index is 0.161. The SMILES string of the molecule is C[C@@H](c1ccc(N2CCCCS2(=O)=O)cc1)N1CC[C@](CCO)(c2ccc(F)cc2)OC1=O. The van der Waals surface area contributed by atoms with Crippen LogP contribution in [-0.4, -0.2) is 50.0 Å². The van der Waals surface area contributed by atoms with Gasteiger partial charge in [-0.25, -0.2) is 17.6 Å². The predicted molar refractivity (Wildman–Crippen MR) is 123 cm³/mol. The number of hydrogen-bond acceptors (Lipinski definition) is 5. The minimum atomic E-state index is -3.28. The molecular formula is C24H29FN2O5S. The molecule has 2 aromatic carbocycles. The van der Waals surface area contributed by atoms with E-state index in [1.54, 1.807) is 29.2 Å². The topological polar surface area (TPSA) is 87.2 Å². The predicted octanol–water partition coefficient (Wildman–Crippen LogP) is 3.94. The Kier molecular flexibility index (Phi) is 6.63. The number of hydrogen-bond donors (Lipinski definition) is 1. The highest BCUT2D eigenvalue weighted by atomic mass is 32.2. The lowest BCUT2D eigenvalue weighted by molar-refractivity contribution is -0.0718. The van der Waals surface area contributed by atoms with Gasteiger partial charge >= 0.3 is 6.09 Å². The average Bonchev–Trinajstić information content (AvgIpc) is 2.79. The summed E-state index contributed by atoms with van der Waals surface area (Å²) in [4.78, 5) is 14.6. The fourth-order valence-electron chi connectivity index (χ4n) is 4.66. The van der Waals surface area contributed by atoms with Crippen molar-refractivity contribution in [1.29, 1.82) is 0 Å². The third-order valence-corrected chi connectivity index (χ3v) is 8.51. The van der Waals surface area contributed by atoms with Gasteiger partial charge in [0.2, 0.25) is 10.0 Å². The van der Waals surface area contributed by atoms with Crippen LogP contribution in [-0.2, 0) is 20.4 Å². The molecule has 0 radical (unpaired) electrons. The summed E-state index contributed by atoms with van der Waals surface area (Å²) in [6.07, 6.45) is 1.70. The third kappa shape index (κ3) is 4.70. The normalized spacial score (nSPS) is 23.8. The molecule has 2 fully saturated rings. The number of aliphatic hydroxyl groups excluding tert-OH is 1. The van der Waals surface area contributed by atoms with Crippen LogP contribution in [0.15, 0.2) is 48.5 Å². The Morgan fingerprint density at radius 2 is 1.79 bits per heavy atom. The van der Waals surface area contributed by atoms with E-state index in [0.29, 0.717) is 37.2 Å². The molecule has 0 aromatic heterocycles. The first-order valence-corrected chi connectivity index (χ1v) is 12.8. The van der Waals surface area contributed by atoms with Crippen molar-refractivity contribution in [3.8, 4) is 0 Å². The lowest BCUT2D eigenvalue weighted by atomic mass is 9.85. The first-order chi connectivity index (χ1) is 15.8. The largest absolute Gasteiger partial charge is 0.438 e. The molecule has 0 aliphatic carbocycles. The van der Waals surface area contributed by atoms with Crippen LogP contribution in [0.2, 0.25) is 0 Å². The molecule has 2 aliphatic heterocycles. The molecule has 2 atom stereocenters. The second kappa shape index (κ2) is 9.30. The van der Waals surface area contributed by atoms with Gasteiger partial charge in [-0.3, -0.25) is 4.31 Å². The smallest absolute Gasteiger partial charge is 0.411 e. The van der Waals surface area contributed by atoms with E-state index in [2.05, 4.69) is 0 Å². The van der Waals surface area contributed by atoms with E-state index in [1.807, 2.05) is 19.1 Å². The molecule has 2 aromatic rings. The van der Waals surface area contributed by atoms with E-state index in [4.69, 9.17) is 4.74 Å². The maximum absolute atomic E-state index is 13.4.